The van der Waals surface area contributed by atoms with E-state index in [9.17, 15) is 4.79 Å². The van der Waals surface area contributed by atoms with Gasteiger partial charge in [0, 0.05) is 17.3 Å². The molecule has 1 heterocycles. The van der Waals surface area contributed by atoms with Crippen LogP contribution in [0.25, 0.3) is 0 Å². The molecule has 0 spiro atoms. The number of carbonyl (C=O) groups is 1. The number of benzene rings is 1. The zero-order valence-electron chi connectivity index (χ0n) is 15.0. The minimum Gasteiger partial charge on any atom is -0.289 e. The lowest BCUT2D eigenvalue weighted by atomic mass is 9.49. The van der Waals surface area contributed by atoms with E-state index in [-0.39, 0.29) is 5.41 Å². The Balaban J connectivity index is 1.30. The van der Waals surface area contributed by atoms with Gasteiger partial charge < -0.3 is 0 Å². The summed E-state index contributed by atoms with van der Waals surface area (Å²) in [5.41, 5.74) is 1.11. The van der Waals surface area contributed by atoms with Crippen LogP contribution in [0.5, 0.6) is 0 Å². The zero-order valence-corrected chi connectivity index (χ0v) is 16.6. The van der Waals surface area contributed by atoms with Crippen molar-refractivity contribution in [1.29, 1.82) is 0 Å². The molecular formula is C21H25ClN2OS. The first-order chi connectivity index (χ1) is 12.6. The molecule has 0 N–H and O–H groups in total. The van der Waals surface area contributed by atoms with Gasteiger partial charge in [0.2, 0.25) is 5.91 Å². The van der Waals surface area contributed by atoms with Gasteiger partial charge in [-0.15, -0.1) is 0 Å². The lowest BCUT2D eigenvalue weighted by Gasteiger charge is -2.56. The molecule has 0 atom stereocenters. The Bertz CT molecular complexity index is 727. The van der Waals surface area contributed by atoms with Gasteiger partial charge in [-0.25, -0.2) is 0 Å². The van der Waals surface area contributed by atoms with Crippen LogP contribution in [0.4, 0.5) is 0 Å². The average molecular weight is 389 g/mol. The molecule has 0 radical (unpaired) electrons. The molecule has 3 nitrogen and oxygen atoms in total. The van der Waals surface area contributed by atoms with Gasteiger partial charge in [0.25, 0.3) is 0 Å². The Hall–Kier alpha value is -1.00. The summed E-state index contributed by atoms with van der Waals surface area (Å²) in [5, 5.41) is 1.68. The minimum absolute atomic E-state index is 0.0729. The molecule has 0 saturated heterocycles. The van der Waals surface area contributed by atoms with Crippen molar-refractivity contribution < 1.29 is 4.79 Å². The van der Waals surface area contributed by atoms with E-state index in [0.29, 0.717) is 5.91 Å². The van der Waals surface area contributed by atoms with Gasteiger partial charge in [0.05, 0.1) is 12.0 Å². The topological polar surface area (TPSA) is 32.7 Å². The van der Waals surface area contributed by atoms with Crippen molar-refractivity contribution in [3.8, 4) is 0 Å². The second kappa shape index (κ2) is 6.56. The van der Waals surface area contributed by atoms with Crippen molar-refractivity contribution in [3.63, 3.8) is 0 Å². The standard InChI is InChI=1S/C21H25ClN2OS/c22-18-3-1-2-14(9-18)13-26-20-23-4-5-24(20)19(25)21-10-15-6-16(11-21)8-17(7-15)12-21/h1-3,9,15-17H,4-8,10-13H2. The fourth-order valence-corrected chi connectivity index (χ4v) is 7.37. The van der Waals surface area contributed by atoms with Crippen LogP contribution < -0.4 is 0 Å². The van der Waals surface area contributed by atoms with E-state index in [0.717, 1.165) is 66.0 Å². The lowest BCUT2D eigenvalue weighted by molar-refractivity contribution is -0.152. The van der Waals surface area contributed by atoms with Crippen molar-refractivity contribution in [2.24, 2.45) is 28.2 Å². The minimum atomic E-state index is -0.0729. The molecular weight excluding hydrogens is 364 g/mol. The summed E-state index contributed by atoms with van der Waals surface area (Å²) in [7, 11) is 0. The maximum Gasteiger partial charge on any atom is 0.234 e. The smallest absolute Gasteiger partial charge is 0.234 e. The van der Waals surface area contributed by atoms with Crippen LogP contribution in [0, 0.1) is 23.2 Å². The summed E-state index contributed by atoms with van der Waals surface area (Å²) in [5.74, 6) is 3.59. The van der Waals surface area contributed by atoms with Gasteiger partial charge in [-0.2, -0.15) is 0 Å². The highest BCUT2D eigenvalue weighted by atomic mass is 35.5. The molecule has 26 heavy (non-hydrogen) atoms. The largest absolute Gasteiger partial charge is 0.289 e. The Labute approximate surface area is 164 Å². The number of hydrogen-bond donors (Lipinski definition) is 0. The highest BCUT2D eigenvalue weighted by Crippen LogP contribution is 2.60. The highest BCUT2D eigenvalue weighted by molar-refractivity contribution is 8.13. The van der Waals surface area contributed by atoms with E-state index in [1.54, 1.807) is 11.8 Å². The van der Waals surface area contributed by atoms with Crippen molar-refractivity contribution in [2.45, 2.75) is 44.3 Å². The fraction of sp³-hybridized carbons (Fsp3) is 0.619. The van der Waals surface area contributed by atoms with Crippen LogP contribution in [0.2, 0.25) is 5.02 Å². The number of halogens is 1. The van der Waals surface area contributed by atoms with E-state index >= 15 is 0 Å². The first-order valence-electron chi connectivity index (χ1n) is 9.85. The second-order valence-corrected chi connectivity index (χ2v) is 10.1. The summed E-state index contributed by atoms with van der Waals surface area (Å²) in [6, 6.07) is 7.95. The molecule has 4 fully saturated rings. The molecule has 4 aliphatic carbocycles. The summed E-state index contributed by atoms with van der Waals surface area (Å²) in [6.45, 7) is 1.51. The summed E-state index contributed by atoms with van der Waals surface area (Å²) in [6.07, 6.45) is 7.49. The molecule has 4 bridgehead atoms. The number of nitrogens with zero attached hydrogens (tertiary/aromatic N) is 2. The molecule has 0 aromatic heterocycles. The van der Waals surface area contributed by atoms with E-state index in [1.165, 1.54) is 24.8 Å². The third-order valence-electron chi connectivity index (χ3n) is 6.80. The average Bonchev–Trinajstić information content (AvgIpc) is 3.06. The monoisotopic (exact) mass is 388 g/mol. The Morgan fingerprint density at radius 3 is 2.54 bits per heavy atom. The predicted octanol–water partition coefficient (Wildman–Crippen LogP) is 4.99. The van der Waals surface area contributed by atoms with Gasteiger partial charge in [0.1, 0.15) is 0 Å². The van der Waals surface area contributed by atoms with Gasteiger partial charge in [0.15, 0.2) is 5.17 Å². The van der Waals surface area contributed by atoms with E-state index < -0.39 is 0 Å². The van der Waals surface area contributed by atoms with Gasteiger partial charge in [-0.05, 0) is 74.0 Å². The van der Waals surface area contributed by atoms with Crippen molar-refractivity contribution in [2.75, 3.05) is 13.1 Å². The number of amides is 1. The second-order valence-electron chi connectivity index (χ2n) is 8.74. The van der Waals surface area contributed by atoms with E-state index in [4.69, 9.17) is 11.6 Å². The zero-order chi connectivity index (χ0) is 17.7. The van der Waals surface area contributed by atoms with E-state index in [1.807, 2.05) is 23.1 Å². The Morgan fingerprint density at radius 1 is 1.19 bits per heavy atom. The van der Waals surface area contributed by atoms with Crippen LogP contribution >= 0.6 is 23.4 Å². The molecule has 1 aliphatic heterocycles. The number of carbonyl (C=O) groups excluding carboxylic acids is 1. The van der Waals surface area contributed by atoms with Gasteiger partial charge in [-0.3, -0.25) is 14.7 Å². The third-order valence-corrected chi connectivity index (χ3v) is 8.12. The SMILES string of the molecule is O=C(N1CCN=C1SCc1cccc(Cl)c1)C12CC3CC(CC(C3)C1)C2. The molecule has 138 valence electrons. The molecule has 4 saturated carbocycles. The molecule has 1 aromatic carbocycles. The Kier molecular flexibility index (Phi) is 4.32. The van der Waals surface area contributed by atoms with Crippen molar-refractivity contribution >= 4 is 34.4 Å². The molecule has 5 aliphatic rings. The van der Waals surface area contributed by atoms with Crippen LogP contribution in [0.1, 0.15) is 44.1 Å². The van der Waals surface area contributed by atoms with Crippen molar-refractivity contribution in [1.82, 2.24) is 4.90 Å². The maximum atomic E-state index is 13.6. The maximum absolute atomic E-state index is 13.6. The molecule has 5 heteroatoms. The fourth-order valence-electron chi connectivity index (χ4n) is 6.17. The van der Waals surface area contributed by atoms with Crippen LogP contribution in [0.3, 0.4) is 0 Å². The molecule has 1 aromatic rings. The first-order valence-corrected chi connectivity index (χ1v) is 11.2. The summed E-state index contributed by atoms with van der Waals surface area (Å²) >= 11 is 7.77. The normalized spacial score (nSPS) is 35.0. The predicted molar refractivity (Wildman–Crippen MR) is 107 cm³/mol. The lowest BCUT2D eigenvalue weighted by Crippen LogP contribution is -2.55. The summed E-state index contributed by atoms with van der Waals surface area (Å²) in [4.78, 5) is 20.3. The van der Waals surface area contributed by atoms with Crippen LogP contribution in [0.15, 0.2) is 29.3 Å². The highest BCUT2D eigenvalue weighted by Gasteiger charge is 2.56. The number of aliphatic imine (C=N–C) groups is 1. The number of hydrogen-bond acceptors (Lipinski definition) is 3. The van der Waals surface area contributed by atoms with Crippen LogP contribution in [-0.4, -0.2) is 29.1 Å². The van der Waals surface area contributed by atoms with Gasteiger partial charge in [-0.1, -0.05) is 35.5 Å². The first kappa shape index (κ1) is 17.1. The van der Waals surface area contributed by atoms with E-state index in [2.05, 4.69) is 11.1 Å². The number of thioether (sulfide) groups is 1. The Morgan fingerprint density at radius 2 is 1.88 bits per heavy atom. The number of rotatable bonds is 3. The number of amidine groups is 1. The molecule has 0 unspecified atom stereocenters. The quantitative estimate of drug-likeness (QED) is 0.730. The van der Waals surface area contributed by atoms with Gasteiger partial charge >= 0.3 is 0 Å². The molecule has 1 amide bonds. The summed E-state index contributed by atoms with van der Waals surface area (Å²) < 4.78 is 0. The third kappa shape index (κ3) is 2.99. The molecule has 6 rings (SSSR count). The van der Waals surface area contributed by atoms with Crippen LogP contribution in [-0.2, 0) is 10.5 Å². The van der Waals surface area contributed by atoms with Crippen molar-refractivity contribution in [3.05, 3.63) is 34.9 Å².